The summed E-state index contributed by atoms with van der Waals surface area (Å²) in [6, 6.07) is 3.60. The second-order valence-corrected chi connectivity index (χ2v) is 7.41. The molecule has 0 aromatic carbocycles. The number of pyridine rings is 1. The maximum Gasteiger partial charge on any atom is 0.225 e. The number of nitrogens with zero attached hydrogens (tertiary/aromatic N) is 5. The summed E-state index contributed by atoms with van der Waals surface area (Å²) in [6.07, 6.45) is 3.83. The first-order valence-electron chi connectivity index (χ1n) is 7.74. The fraction of sp³-hybridized carbons (Fsp3) is 0.250. The average Bonchev–Trinajstić information content (AvgIpc) is 3.29. The lowest BCUT2D eigenvalue weighted by molar-refractivity contribution is 0.198. The Bertz CT molecular complexity index is 904. The van der Waals surface area contributed by atoms with Crippen molar-refractivity contribution in [3.05, 3.63) is 34.4 Å². The fourth-order valence-corrected chi connectivity index (χ4v) is 3.74. The Morgan fingerprint density at radius 2 is 2.12 bits per heavy atom. The molecular weight excluding hydrogens is 404 g/mol. The van der Waals surface area contributed by atoms with E-state index in [1.165, 1.54) is 11.3 Å². The number of aliphatic hydroxyl groups excluding tert-OH is 1. The SMILES string of the molecule is Nc1cc(-c2nccs2)nc(-c2ccnc(N3CCC(O)C3)n2)c1Br. The van der Waals surface area contributed by atoms with Crippen LogP contribution in [0.2, 0.25) is 0 Å². The van der Waals surface area contributed by atoms with Gasteiger partial charge in [-0.3, -0.25) is 0 Å². The standard InChI is InChI=1S/C16H15BrN6OS/c17-13-10(18)7-12(15-19-4-6-25-15)21-14(13)11-1-3-20-16(22-11)23-5-2-9(24)8-23/h1,3-4,6-7,9,24H,2,5,8H2,(H2,18,21). The van der Waals surface area contributed by atoms with Crippen LogP contribution in [0, 0.1) is 0 Å². The number of nitrogen functional groups attached to an aromatic ring is 1. The van der Waals surface area contributed by atoms with Crippen molar-refractivity contribution in [2.45, 2.75) is 12.5 Å². The van der Waals surface area contributed by atoms with Gasteiger partial charge >= 0.3 is 0 Å². The molecule has 1 aliphatic rings. The number of aliphatic hydroxyl groups is 1. The van der Waals surface area contributed by atoms with Crippen LogP contribution in [0.1, 0.15) is 6.42 Å². The minimum absolute atomic E-state index is 0.332. The van der Waals surface area contributed by atoms with Gasteiger partial charge < -0.3 is 15.7 Å². The van der Waals surface area contributed by atoms with Crippen molar-refractivity contribution in [3.63, 3.8) is 0 Å². The van der Waals surface area contributed by atoms with Crippen LogP contribution in [0.3, 0.4) is 0 Å². The predicted molar refractivity (Wildman–Crippen MR) is 101 cm³/mol. The number of halogens is 1. The van der Waals surface area contributed by atoms with E-state index in [0.717, 1.165) is 18.0 Å². The molecule has 1 atom stereocenters. The van der Waals surface area contributed by atoms with Gasteiger partial charge in [0.2, 0.25) is 5.95 Å². The molecule has 1 aliphatic heterocycles. The van der Waals surface area contributed by atoms with Crippen LogP contribution >= 0.6 is 27.3 Å². The molecule has 0 bridgehead atoms. The maximum atomic E-state index is 9.73. The first kappa shape index (κ1) is 16.4. The van der Waals surface area contributed by atoms with Gasteiger partial charge in [0.05, 0.1) is 22.0 Å². The first-order valence-corrected chi connectivity index (χ1v) is 9.41. The highest BCUT2D eigenvalue weighted by Crippen LogP contribution is 2.34. The van der Waals surface area contributed by atoms with E-state index < -0.39 is 0 Å². The predicted octanol–water partition coefficient (Wildman–Crippen LogP) is 2.58. The van der Waals surface area contributed by atoms with E-state index in [0.29, 0.717) is 39.7 Å². The van der Waals surface area contributed by atoms with Crippen molar-refractivity contribution < 1.29 is 5.11 Å². The zero-order chi connectivity index (χ0) is 17.4. The number of nitrogens with two attached hydrogens (primary N) is 1. The fourth-order valence-electron chi connectivity index (χ4n) is 2.73. The summed E-state index contributed by atoms with van der Waals surface area (Å²) >= 11 is 5.02. The summed E-state index contributed by atoms with van der Waals surface area (Å²) in [5, 5.41) is 12.4. The van der Waals surface area contributed by atoms with Crippen LogP contribution < -0.4 is 10.6 Å². The number of β-amino-alcohol motifs (C(OH)–C–C–N with tert-alkyl or cyclic N) is 1. The quantitative estimate of drug-likeness (QED) is 0.673. The van der Waals surface area contributed by atoms with E-state index in [1.54, 1.807) is 24.5 Å². The minimum Gasteiger partial charge on any atom is -0.398 e. The minimum atomic E-state index is -0.332. The van der Waals surface area contributed by atoms with Crippen LogP contribution in [0.15, 0.2) is 34.4 Å². The molecule has 1 fully saturated rings. The maximum absolute atomic E-state index is 9.73. The van der Waals surface area contributed by atoms with Crippen molar-refractivity contribution in [2.24, 2.45) is 0 Å². The lowest BCUT2D eigenvalue weighted by Gasteiger charge is -2.16. The highest BCUT2D eigenvalue weighted by atomic mass is 79.9. The Morgan fingerprint density at radius 1 is 1.24 bits per heavy atom. The largest absolute Gasteiger partial charge is 0.398 e. The van der Waals surface area contributed by atoms with E-state index in [1.807, 2.05) is 10.3 Å². The van der Waals surface area contributed by atoms with Gasteiger partial charge in [-0.1, -0.05) is 0 Å². The average molecular weight is 419 g/mol. The molecule has 0 saturated carbocycles. The van der Waals surface area contributed by atoms with Crippen LogP contribution in [0.4, 0.5) is 11.6 Å². The molecule has 3 N–H and O–H groups in total. The Balaban J connectivity index is 1.77. The van der Waals surface area contributed by atoms with Gasteiger partial charge in [0, 0.05) is 30.9 Å². The smallest absolute Gasteiger partial charge is 0.225 e. The van der Waals surface area contributed by atoms with Gasteiger partial charge in [0.15, 0.2) is 0 Å². The molecule has 1 saturated heterocycles. The van der Waals surface area contributed by atoms with Crippen molar-refractivity contribution in [3.8, 4) is 22.1 Å². The molecule has 7 nitrogen and oxygen atoms in total. The van der Waals surface area contributed by atoms with Gasteiger partial charge in [-0.15, -0.1) is 11.3 Å². The summed E-state index contributed by atoms with van der Waals surface area (Å²) in [5.41, 5.74) is 8.75. The Labute approximate surface area is 156 Å². The molecule has 3 aromatic heterocycles. The summed E-state index contributed by atoms with van der Waals surface area (Å²) in [6.45, 7) is 1.28. The lowest BCUT2D eigenvalue weighted by atomic mass is 10.2. The second kappa shape index (κ2) is 6.66. The van der Waals surface area contributed by atoms with Gasteiger partial charge in [-0.05, 0) is 34.5 Å². The highest BCUT2D eigenvalue weighted by molar-refractivity contribution is 9.10. The zero-order valence-electron chi connectivity index (χ0n) is 13.1. The van der Waals surface area contributed by atoms with Crippen LogP contribution in [-0.4, -0.2) is 44.2 Å². The van der Waals surface area contributed by atoms with E-state index >= 15 is 0 Å². The molecule has 0 radical (unpaired) electrons. The molecule has 0 amide bonds. The Kier molecular flexibility index (Phi) is 4.36. The summed E-state index contributed by atoms with van der Waals surface area (Å²) in [5.74, 6) is 0.584. The number of thiazole rings is 1. The van der Waals surface area contributed by atoms with E-state index in [2.05, 4.69) is 30.9 Å². The second-order valence-electron chi connectivity index (χ2n) is 5.73. The van der Waals surface area contributed by atoms with Crippen molar-refractivity contribution in [2.75, 3.05) is 23.7 Å². The van der Waals surface area contributed by atoms with E-state index in [4.69, 9.17) is 10.7 Å². The normalized spacial score (nSPS) is 17.2. The van der Waals surface area contributed by atoms with Gasteiger partial charge in [0.1, 0.15) is 16.4 Å². The number of rotatable bonds is 3. The molecule has 128 valence electrons. The lowest BCUT2D eigenvalue weighted by Crippen LogP contribution is -2.23. The topological polar surface area (TPSA) is 101 Å². The van der Waals surface area contributed by atoms with E-state index in [9.17, 15) is 5.11 Å². The Morgan fingerprint density at radius 3 is 2.84 bits per heavy atom. The van der Waals surface area contributed by atoms with Crippen LogP contribution in [-0.2, 0) is 0 Å². The van der Waals surface area contributed by atoms with Gasteiger partial charge in [0.25, 0.3) is 0 Å². The number of aromatic nitrogens is 4. The first-order chi connectivity index (χ1) is 12.1. The van der Waals surface area contributed by atoms with Crippen LogP contribution in [0.25, 0.3) is 22.1 Å². The molecular formula is C16H15BrN6OS. The van der Waals surface area contributed by atoms with Crippen molar-refractivity contribution >= 4 is 38.9 Å². The molecule has 0 aliphatic carbocycles. The summed E-state index contributed by atoms with van der Waals surface area (Å²) < 4.78 is 0.693. The molecule has 3 aromatic rings. The van der Waals surface area contributed by atoms with Crippen molar-refractivity contribution in [1.29, 1.82) is 0 Å². The van der Waals surface area contributed by atoms with E-state index in [-0.39, 0.29) is 6.10 Å². The highest BCUT2D eigenvalue weighted by Gasteiger charge is 2.23. The Hall–Kier alpha value is -2.10. The molecule has 1 unspecified atom stereocenters. The number of hydrogen-bond acceptors (Lipinski definition) is 8. The number of hydrogen-bond donors (Lipinski definition) is 2. The third-order valence-corrected chi connectivity index (χ3v) is 5.60. The molecule has 25 heavy (non-hydrogen) atoms. The third-order valence-electron chi connectivity index (χ3n) is 3.97. The van der Waals surface area contributed by atoms with Crippen LogP contribution in [0.5, 0.6) is 0 Å². The molecule has 4 heterocycles. The van der Waals surface area contributed by atoms with Crippen molar-refractivity contribution in [1.82, 2.24) is 19.9 Å². The number of anilines is 2. The molecule has 4 rings (SSSR count). The summed E-state index contributed by atoms with van der Waals surface area (Å²) in [4.78, 5) is 19.9. The zero-order valence-corrected chi connectivity index (χ0v) is 15.5. The molecule has 0 spiro atoms. The third kappa shape index (κ3) is 3.22. The monoisotopic (exact) mass is 418 g/mol. The molecule has 9 heteroatoms. The van der Waals surface area contributed by atoms with Gasteiger partial charge in [-0.25, -0.2) is 19.9 Å². The van der Waals surface area contributed by atoms with Gasteiger partial charge in [-0.2, -0.15) is 0 Å². The summed E-state index contributed by atoms with van der Waals surface area (Å²) in [7, 11) is 0.